The van der Waals surface area contributed by atoms with Gasteiger partial charge in [-0.25, -0.2) is 0 Å². The van der Waals surface area contributed by atoms with Crippen LogP contribution in [0.2, 0.25) is 0 Å². The predicted molar refractivity (Wildman–Crippen MR) is 283 cm³/mol. The number of hydrogen-bond acceptors (Lipinski definition) is 20. The lowest BCUT2D eigenvalue weighted by Crippen LogP contribution is -2.52. The summed E-state index contributed by atoms with van der Waals surface area (Å²) in [6, 6.07) is 45.8. The Bertz CT molecular complexity index is 2630. The second kappa shape index (κ2) is 32.0. The van der Waals surface area contributed by atoms with Crippen molar-refractivity contribution in [3.05, 3.63) is 191 Å². The molecule has 0 aliphatic rings. The van der Waals surface area contributed by atoms with E-state index in [9.17, 15) is 60.7 Å². The molecule has 6 aromatic rings. The first-order valence-corrected chi connectivity index (χ1v) is 25.0. The molecule has 78 heavy (non-hydrogen) atoms. The van der Waals surface area contributed by atoms with E-state index in [0.717, 1.165) is 22.3 Å². The number of hydrogen-bond donors (Lipinski definition) is 13. The maximum Gasteiger partial charge on any atom is 0.324 e. The molecular weight excluding hydrogens is 1010 g/mol. The first-order valence-electron chi connectivity index (χ1n) is 25.0. The van der Waals surface area contributed by atoms with Crippen molar-refractivity contribution in [2.75, 3.05) is 26.4 Å². The summed E-state index contributed by atoms with van der Waals surface area (Å²) in [5.74, 6) is -1.60. The van der Waals surface area contributed by atoms with Gasteiger partial charge in [0.25, 0.3) is 0 Å². The quantitative estimate of drug-likeness (QED) is 0.0233. The number of carbonyl (C=O) groups excluding carboxylic acids is 2. The maximum absolute atomic E-state index is 14.4. The summed E-state index contributed by atoms with van der Waals surface area (Å²) >= 11 is 0. The summed E-state index contributed by atoms with van der Waals surface area (Å²) in [7, 11) is 0. The summed E-state index contributed by atoms with van der Waals surface area (Å²) in [4.78, 5) is 28.3. The van der Waals surface area contributed by atoms with Gasteiger partial charge in [0, 0.05) is 13.1 Å². The minimum absolute atomic E-state index is 0.0900. The van der Waals surface area contributed by atoms with Gasteiger partial charge in [0.05, 0.1) is 26.4 Å². The zero-order valence-electron chi connectivity index (χ0n) is 42.7. The molecule has 14 N–H and O–H groups in total. The van der Waals surface area contributed by atoms with Gasteiger partial charge in [-0.15, -0.1) is 0 Å². The molecule has 0 heterocycles. The highest BCUT2D eigenvalue weighted by molar-refractivity contribution is 5.77. The van der Waals surface area contributed by atoms with E-state index in [1.54, 1.807) is 6.07 Å². The molecule has 2 unspecified atom stereocenters. The van der Waals surface area contributed by atoms with Crippen LogP contribution in [-0.4, -0.2) is 165 Å². The van der Waals surface area contributed by atoms with Gasteiger partial charge in [-0.1, -0.05) is 133 Å². The molecule has 20 nitrogen and oxygen atoms in total. The van der Waals surface area contributed by atoms with Gasteiger partial charge in [-0.05, 0) is 70.5 Å². The second-order valence-electron chi connectivity index (χ2n) is 18.3. The van der Waals surface area contributed by atoms with Crippen molar-refractivity contribution in [2.24, 2.45) is 5.73 Å². The Morgan fingerprint density at radius 3 is 1.27 bits per heavy atom. The monoisotopic (exact) mass is 1080 g/mol. The number of esters is 2. The molecule has 0 amide bonds. The van der Waals surface area contributed by atoms with Crippen molar-refractivity contribution in [3.8, 4) is 23.0 Å². The van der Waals surface area contributed by atoms with Crippen LogP contribution in [0.1, 0.15) is 33.4 Å². The van der Waals surface area contributed by atoms with Crippen LogP contribution < -0.4 is 15.2 Å². The molecule has 0 aliphatic carbocycles. The average Bonchev–Trinajstić information content (AvgIpc) is 3.47. The van der Waals surface area contributed by atoms with E-state index in [2.05, 4.69) is 0 Å². The third-order valence-corrected chi connectivity index (χ3v) is 12.4. The smallest absolute Gasteiger partial charge is 0.324 e. The average molecular weight is 1080 g/mol. The fourth-order valence-corrected chi connectivity index (χ4v) is 7.96. The largest absolute Gasteiger partial charge is 0.504 e. The van der Waals surface area contributed by atoms with Crippen LogP contribution in [0.3, 0.4) is 0 Å². The summed E-state index contributed by atoms with van der Waals surface area (Å²) in [6.45, 7) is -2.18. The van der Waals surface area contributed by atoms with Crippen molar-refractivity contribution in [3.63, 3.8) is 0 Å². The highest BCUT2D eigenvalue weighted by Gasteiger charge is 2.39. The van der Waals surface area contributed by atoms with Gasteiger partial charge >= 0.3 is 11.9 Å². The molecule has 20 heteroatoms. The summed E-state index contributed by atoms with van der Waals surface area (Å²) in [5, 5.41) is 116. The number of aromatic hydroxyl groups is 2. The van der Waals surface area contributed by atoms with Crippen molar-refractivity contribution in [1.82, 2.24) is 4.90 Å². The molecular formula is C58H70N2O18. The first kappa shape index (κ1) is 61.8. The molecule has 0 aromatic heterocycles. The molecule has 0 radical (unpaired) electrons. The number of carbonyl (C=O) groups is 2. The van der Waals surface area contributed by atoms with E-state index in [-0.39, 0.29) is 25.2 Å². The van der Waals surface area contributed by atoms with Crippen molar-refractivity contribution < 1.29 is 89.8 Å². The van der Waals surface area contributed by atoms with E-state index in [4.69, 9.17) is 34.9 Å². The van der Waals surface area contributed by atoms with E-state index in [0.29, 0.717) is 42.3 Å². The van der Waals surface area contributed by atoms with Crippen LogP contribution >= 0.6 is 0 Å². The lowest BCUT2D eigenvalue weighted by Gasteiger charge is -2.34. The van der Waals surface area contributed by atoms with Crippen LogP contribution in [0.4, 0.5) is 0 Å². The van der Waals surface area contributed by atoms with Gasteiger partial charge in [0.15, 0.2) is 35.2 Å². The maximum atomic E-state index is 14.4. The van der Waals surface area contributed by atoms with Crippen LogP contribution in [0.5, 0.6) is 23.0 Å². The van der Waals surface area contributed by atoms with Crippen LogP contribution in [0, 0.1) is 0 Å². The number of phenolic OH excluding ortho intramolecular Hbond substituents is 2. The number of nitrogens with zero attached hydrogens (tertiary/aromatic N) is 1. The van der Waals surface area contributed by atoms with Crippen LogP contribution in [-0.2, 0) is 58.2 Å². The van der Waals surface area contributed by atoms with Crippen LogP contribution in [0.25, 0.3) is 0 Å². The number of aliphatic hydroxyl groups excluding tert-OH is 10. The molecule has 0 spiro atoms. The Kier molecular flexibility index (Phi) is 25.4. The Morgan fingerprint density at radius 1 is 0.436 bits per heavy atom. The zero-order valence-corrected chi connectivity index (χ0v) is 42.7. The van der Waals surface area contributed by atoms with E-state index in [1.807, 2.05) is 138 Å². The Balaban J connectivity index is 0.000000376. The third kappa shape index (κ3) is 19.2. The number of ether oxygens (including phenoxy) is 4. The normalized spacial score (nSPS) is 15.2. The van der Waals surface area contributed by atoms with E-state index >= 15 is 0 Å². The van der Waals surface area contributed by atoms with Crippen molar-refractivity contribution in [2.45, 2.75) is 100 Å². The van der Waals surface area contributed by atoms with Gasteiger partial charge in [-0.3, -0.25) is 14.5 Å². The Labute approximate surface area is 451 Å². The van der Waals surface area contributed by atoms with Crippen molar-refractivity contribution in [1.29, 1.82) is 0 Å². The minimum atomic E-state index is -1.87. The topological polar surface area (TPSA) is 343 Å². The molecule has 10 atom stereocenters. The fourth-order valence-electron chi connectivity index (χ4n) is 7.96. The fraction of sp³-hybridized carbons (Fsp3) is 0.345. The molecule has 0 bridgehead atoms. The lowest BCUT2D eigenvalue weighted by atomic mass is 10.0. The molecule has 6 rings (SSSR count). The second-order valence-corrected chi connectivity index (χ2v) is 18.3. The molecule has 420 valence electrons. The zero-order chi connectivity index (χ0) is 56.6. The van der Waals surface area contributed by atoms with E-state index in [1.165, 1.54) is 18.2 Å². The summed E-state index contributed by atoms with van der Waals surface area (Å²) < 4.78 is 23.2. The third-order valence-electron chi connectivity index (χ3n) is 12.4. The van der Waals surface area contributed by atoms with Crippen LogP contribution in [0.15, 0.2) is 158 Å². The van der Waals surface area contributed by atoms with Gasteiger partial charge < -0.3 is 86.0 Å². The standard InChI is InChI=1S/C43H47NO9.C15H23NO9/c45-27-37(47)41(49)42(38(48)28-46)53-43(50)36(44(25-31-13-5-1-6-14-31)26-32-15-7-2-8-16-32)23-35-21-22-39(51-29-33-17-9-3-10-18-33)40(24-35)52-30-34-19-11-4-12-20-34;16-8(3-7-1-2-9(19)10(20)4-7)15(24)25-14(12(22)6-18)13(23)11(21)5-17/h1-22,24,36-38,41-42,45-49H,23,25-30H2;1-2,4,8,11-14,17-23H,3,5-6,16H2/t36?,37-,38-,41-,42-;8?,11-,12-,13-,14-/m11/s1. The Morgan fingerprint density at radius 2 is 0.833 bits per heavy atom. The number of phenols is 2. The highest BCUT2D eigenvalue weighted by atomic mass is 16.6. The van der Waals surface area contributed by atoms with Gasteiger partial charge in [0.2, 0.25) is 0 Å². The molecule has 0 aliphatic heterocycles. The molecule has 0 saturated carbocycles. The summed E-state index contributed by atoms with van der Waals surface area (Å²) in [5.41, 5.74) is 10.6. The van der Waals surface area contributed by atoms with Crippen molar-refractivity contribution >= 4 is 11.9 Å². The predicted octanol–water partition coefficient (Wildman–Crippen LogP) is 1.38. The van der Waals surface area contributed by atoms with Gasteiger partial charge in [0.1, 0.15) is 61.9 Å². The number of rotatable bonds is 29. The number of aliphatic hydroxyl groups is 10. The van der Waals surface area contributed by atoms with Gasteiger partial charge in [-0.2, -0.15) is 0 Å². The first-order chi connectivity index (χ1) is 37.5. The number of benzene rings is 6. The Hall–Kier alpha value is -7.02. The highest BCUT2D eigenvalue weighted by Crippen LogP contribution is 2.32. The summed E-state index contributed by atoms with van der Waals surface area (Å²) in [6.07, 6.45) is -14.0. The number of nitrogens with two attached hydrogens (primary N) is 1. The SMILES string of the molecule is NC(Cc1ccc(O)c(O)c1)C(=O)O[C@@H]([C@H](O)[C@H](O)CO)[C@H](O)CO.O=C(O[C@@H]([C@H](O)[C@H](O)CO)[C@H](O)CO)C(Cc1ccc(OCc2ccccc2)c(OCc2ccccc2)c1)N(Cc1ccccc1)Cc1ccccc1. The molecule has 0 fully saturated rings. The van der Waals surface area contributed by atoms with E-state index < -0.39 is 105 Å². The molecule has 0 saturated heterocycles. The minimum Gasteiger partial charge on any atom is -0.504 e. The molecule has 6 aromatic carbocycles. The lowest BCUT2D eigenvalue weighted by molar-refractivity contribution is -0.182.